The zero-order valence-electron chi connectivity index (χ0n) is 10.7. The van der Waals surface area contributed by atoms with E-state index in [0.29, 0.717) is 10.0 Å². The molecule has 21 heavy (non-hydrogen) atoms. The van der Waals surface area contributed by atoms with Gasteiger partial charge in [-0.05, 0) is 30.7 Å². The fraction of sp³-hybridized carbons (Fsp3) is 0.0769. The summed E-state index contributed by atoms with van der Waals surface area (Å²) in [7, 11) is 0. The number of benzene rings is 1. The molecule has 0 saturated carbocycles. The molecule has 1 aromatic heterocycles. The molecular weight excluding hydrogens is 344 g/mol. The molecule has 1 heterocycles. The molecule has 0 atom stereocenters. The molecule has 0 fully saturated rings. The predicted molar refractivity (Wildman–Crippen MR) is 76.8 cm³/mol. The first-order valence-corrected chi connectivity index (χ1v) is 6.50. The van der Waals surface area contributed by atoms with Gasteiger partial charge in [0.15, 0.2) is 0 Å². The number of nitro groups is 1. The van der Waals surface area contributed by atoms with Crippen LogP contribution < -0.4 is 4.74 Å². The van der Waals surface area contributed by atoms with E-state index in [2.05, 4.69) is 20.9 Å². The van der Waals surface area contributed by atoms with E-state index in [9.17, 15) is 20.0 Å². The first-order valence-electron chi connectivity index (χ1n) is 5.71. The number of carbonyl (C=O) groups is 1. The Morgan fingerprint density at radius 3 is 2.76 bits per heavy atom. The second-order valence-corrected chi connectivity index (χ2v) is 5.00. The molecule has 0 aliphatic rings. The number of rotatable bonds is 4. The fourth-order valence-corrected chi connectivity index (χ4v) is 2.04. The van der Waals surface area contributed by atoms with E-state index in [1.165, 1.54) is 24.4 Å². The Morgan fingerprint density at radius 2 is 2.14 bits per heavy atom. The van der Waals surface area contributed by atoms with E-state index in [1.54, 1.807) is 13.0 Å². The van der Waals surface area contributed by atoms with Crippen LogP contribution in [-0.2, 0) is 0 Å². The average Bonchev–Trinajstić information content (AvgIpc) is 2.40. The number of pyridine rings is 1. The monoisotopic (exact) mass is 352 g/mol. The van der Waals surface area contributed by atoms with Gasteiger partial charge in [0, 0.05) is 16.7 Å². The molecule has 108 valence electrons. The van der Waals surface area contributed by atoms with Crippen molar-refractivity contribution in [2.24, 2.45) is 0 Å². The minimum absolute atomic E-state index is 0.0798. The molecule has 1 N–H and O–H groups in total. The van der Waals surface area contributed by atoms with Gasteiger partial charge in [0.05, 0.1) is 4.92 Å². The summed E-state index contributed by atoms with van der Waals surface area (Å²) in [5.41, 5.74) is 0.0333. The molecule has 0 aliphatic heterocycles. The number of nitro benzene ring substituents is 1. The summed E-state index contributed by atoms with van der Waals surface area (Å²) in [6, 6.07) is 5.72. The van der Waals surface area contributed by atoms with Crippen LogP contribution in [-0.4, -0.2) is 21.0 Å². The van der Waals surface area contributed by atoms with Gasteiger partial charge in [-0.25, -0.2) is 9.78 Å². The van der Waals surface area contributed by atoms with Crippen molar-refractivity contribution in [3.8, 4) is 11.6 Å². The van der Waals surface area contributed by atoms with Gasteiger partial charge < -0.3 is 9.84 Å². The number of nitrogens with zero attached hydrogens (tertiary/aromatic N) is 2. The molecule has 7 nitrogen and oxygen atoms in total. The van der Waals surface area contributed by atoms with Crippen molar-refractivity contribution in [1.29, 1.82) is 0 Å². The topological polar surface area (TPSA) is 103 Å². The Hall–Kier alpha value is -2.48. The van der Waals surface area contributed by atoms with Gasteiger partial charge in [0.25, 0.3) is 0 Å². The first kappa shape index (κ1) is 14.9. The van der Waals surface area contributed by atoms with Crippen LogP contribution in [0.1, 0.15) is 15.9 Å². The van der Waals surface area contributed by atoms with Gasteiger partial charge in [0.1, 0.15) is 5.56 Å². The predicted octanol–water partition coefficient (Wildman–Crippen LogP) is 3.55. The summed E-state index contributed by atoms with van der Waals surface area (Å²) in [5.74, 6) is -1.48. The summed E-state index contributed by atoms with van der Waals surface area (Å²) < 4.78 is 5.86. The number of aromatic carboxylic acids is 1. The van der Waals surface area contributed by atoms with Crippen LogP contribution >= 0.6 is 15.9 Å². The molecular formula is C13H9BrN2O5. The lowest BCUT2D eigenvalue weighted by Crippen LogP contribution is -2.05. The smallest absolute Gasteiger partial charge is 0.341 e. The summed E-state index contributed by atoms with van der Waals surface area (Å²) in [6.45, 7) is 1.59. The van der Waals surface area contributed by atoms with Gasteiger partial charge in [-0.3, -0.25) is 10.1 Å². The highest BCUT2D eigenvalue weighted by atomic mass is 79.9. The van der Waals surface area contributed by atoms with E-state index < -0.39 is 10.9 Å². The number of ether oxygens (including phenoxy) is 1. The summed E-state index contributed by atoms with van der Waals surface area (Å²) in [6.07, 6.45) is 1.38. The minimum Gasteiger partial charge on any atom is -0.477 e. The Kier molecular flexibility index (Phi) is 4.18. The number of carboxylic acids is 1. The summed E-state index contributed by atoms with van der Waals surface area (Å²) in [5, 5.41) is 20.2. The van der Waals surface area contributed by atoms with Crippen LogP contribution in [0.25, 0.3) is 0 Å². The molecule has 0 spiro atoms. The zero-order valence-corrected chi connectivity index (χ0v) is 12.3. The number of carboxylic acid groups (broad SMARTS) is 1. The van der Waals surface area contributed by atoms with Crippen molar-refractivity contribution < 1.29 is 19.6 Å². The SMILES string of the molecule is Cc1ccnc(Oc2ccc(Br)cc2[N+](=O)[O-])c1C(=O)O. The second-order valence-electron chi connectivity index (χ2n) is 4.08. The van der Waals surface area contributed by atoms with Crippen molar-refractivity contribution in [3.63, 3.8) is 0 Å². The van der Waals surface area contributed by atoms with Crippen molar-refractivity contribution in [1.82, 2.24) is 4.98 Å². The first-order chi connectivity index (χ1) is 9.90. The lowest BCUT2D eigenvalue weighted by Gasteiger charge is -2.09. The number of aromatic nitrogens is 1. The Morgan fingerprint density at radius 1 is 1.43 bits per heavy atom. The normalized spacial score (nSPS) is 10.2. The van der Waals surface area contributed by atoms with Crippen LogP contribution in [0.15, 0.2) is 34.9 Å². The second kappa shape index (κ2) is 5.88. The molecule has 0 aliphatic carbocycles. The van der Waals surface area contributed by atoms with Crippen LogP contribution in [0.2, 0.25) is 0 Å². The van der Waals surface area contributed by atoms with Crippen LogP contribution in [0, 0.1) is 17.0 Å². The Labute approximate surface area is 127 Å². The lowest BCUT2D eigenvalue weighted by atomic mass is 10.1. The maximum absolute atomic E-state index is 11.2. The number of aryl methyl sites for hydroxylation is 1. The number of halogens is 1. The lowest BCUT2D eigenvalue weighted by molar-refractivity contribution is -0.385. The van der Waals surface area contributed by atoms with Crippen molar-refractivity contribution >= 4 is 27.6 Å². The van der Waals surface area contributed by atoms with E-state index >= 15 is 0 Å². The maximum atomic E-state index is 11.2. The van der Waals surface area contributed by atoms with E-state index in [-0.39, 0.29) is 22.9 Å². The molecule has 0 saturated heterocycles. The van der Waals surface area contributed by atoms with Gasteiger partial charge in [-0.1, -0.05) is 15.9 Å². The highest BCUT2D eigenvalue weighted by molar-refractivity contribution is 9.10. The third kappa shape index (κ3) is 3.16. The van der Waals surface area contributed by atoms with Crippen molar-refractivity contribution in [3.05, 3.63) is 56.2 Å². The molecule has 0 radical (unpaired) electrons. The zero-order chi connectivity index (χ0) is 15.6. The maximum Gasteiger partial charge on any atom is 0.341 e. The van der Waals surface area contributed by atoms with Crippen LogP contribution in [0.4, 0.5) is 5.69 Å². The van der Waals surface area contributed by atoms with Gasteiger partial charge in [0.2, 0.25) is 11.6 Å². The van der Waals surface area contributed by atoms with E-state index in [0.717, 1.165) is 0 Å². The van der Waals surface area contributed by atoms with Gasteiger partial charge in [-0.15, -0.1) is 0 Å². The minimum atomic E-state index is -1.21. The quantitative estimate of drug-likeness (QED) is 0.666. The number of hydrogen-bond donors (Lipinski definition) is 1. The summed E-state index contributed by atoms with van der Waals surface area (Å²) in [4.78, 5) is 25.5. The molecule has 0 amide bonds. The van der Waals surface area contributed by atoms with Crippen LogP contribution in [0.3, 0.4) is 0 Å². The Balaban J connectivity index is 2.51. The van der Waals surface area contributed by atoms with Gasteiger partial charge >= 0.3 is 11.7 Å². The van der Waals surface area contributed by atoms with E-state index in [4.69, 9.17) is 4.74 Å². The highest BCUT2D eigenvalue weighted by Gasteiger charge is 2.21. The molecule has 0 unspecified atom stereocenters. The third-order valence-electron chi connectivity index (χ3n) is 2.66. The standard InChI is InChI=1S/C13H9BrN2O5/c1-7-4-5-15-12(11(7)13(17)18)21-10-3-2-8(14)6-9(10)16(19)20/h2-6H,1H3,(H,17,18). The fourth-order valence-electron chi connectivity index (χ4n) is 1.69. The Bertz CT molecular complexity index is 732. The van der Waals surface area contributed by atoms with Crippen molar-refractivity contribution in [2.45, 2.75) is 6.92 Å². The largest absolute Gasteiger partial charge is 0.477 e. The summed E-state index contributed by atoms with van der Waals surface area (Å²) >= 11 is 3.13. The van der Waals surface area contributed by atoms with Crippen molar-refractivity contribution in [2.75, 3.05) is 0 Å². The highest BCUT2D eigenvalue weighted by Crippen LogP contribution is 2.34. The van der Waals surface area contributed by atoms with E-state index in [1.807, 2.05) is 0 Å². The molecule has 2 aromatic rings. The molecule has 1 aromatic carbocycles. The number of hydrogen-bond acceptors (Lipinski definition) is 5. The molecule has 0 bridgehead atoms. The average molecular weight is 353 g/mol. The third-order valence-corrected chi connectivity index (χ3v) is 3.16. The van der Waals surface area contributed by atoms with Gasteiger partial charge in [-0.2, -0.15) is 0 Å². The molecule has 8 heteroatoms. The molecule has 2 rings (SSSR count). The van der Waals surface area contributed by atoms with Crippen LogP contribution in [0.5, 0.6) is 11.6 Å².